The minimum absolute atomic E-state index is 0.876. The summed E-state index contributed by atoms with van der Waals surface area (Å²) in [5.41, 5.74) is 9.79. The van der Waals surface area contributed by atoms with Crippen LogP contribution in [-0.4, -0.2) is 0 Å². The van der Waals surface area contributed by atoms with Crippen LogP contribution >= 0.6 is 11.3 Å². The van der Waals surface area contributed by atoms with E-state index >= 15 is 0 Å². The third-order valence-electron chi connectivity index (χ3n) is 9.63. The highest BCUT2D eigenvalue weighted by atomic mass is 32.1. The van der Waals surface area contributed by atoms with Crippen molar-refractivity contribution >= 4 is 81.3 Å². The summed E-state index contributed by atoms with van der Waals surface area (Å²) in [7, 11) is 0. The number of para-hydroxylation sites is 1. The second kappa shape index (κ2) is 11.2. The quantitative estimate of drug-likeness (QED) is 0.186. The van der Waals surface area contributed by atoms with Crippen LogP contribution in [0, 0.1) is 0 Å². The average molecular weight is 644 g/mol. The first-order chi connectivity index (χ1) is 24.3. The van der Waals surface area contributed by atoms with Gasteiger partial charge in [0.25, 0.3) is 0 Å². The molecule has 3 heteroatoms. The van der Waals surface area contributed by atoms with Crippen molar-refractivity contribution < 1.29 is 4.42 Å². The van der Waals surface area contributed by atoms with E-state index in [0.717, 1.165) is 39.0 Å². The van der Waals surface area contributed by atoms with E-state index in [2.05, 4.69) is 169 Å². The van der Waals surface area contributed by atoms with Crippen LogP contribution in [0.2, 0.25) is 0 Å². The van der Waals surface area contributed by atoms with E-state index in [1.165, 1.54) is 53.2 Å². The van der Waals surface area contributed by atoms with Crippen LogP contribution in [0.1, 0.15) is 0 Å². The second-order valence-corrected chi connectivity index (χ2v) is 13.6. The van der Waals surface area contributed by atoms with Gasteiger partial charge in [0, 0.05) is 54.1 Å². The Balaban J connectivity index is 1.16. The summed E-state index contributed by atoms with van der Waals surface area (Å²) in [5.74, 6) is 0. The van der Waals surface area contributed by atoms with Crippen molar-refractivity contribution in [2.75, 3.05) is 4.90 Å². The Kier molecular flexibility index (Phi) is 6.39. The first kappa shape index (κ1) is 27.9. The van der Waals surface area contributed by atoms with Crippen LogP contribution in [0.15, 0.2) is 180 Å². The number of thiophene rings is 1. The predicted molar refractivity (Wildman–Crippen MR) is 210 cm³/mol. The van der Waals surface area contributed by atoms with Gasteiger partial charge in [-0.1, -0.05) is 115 Å². The maximum absolute atomic E-state index is 6.39. The normalized spacial score (nSPS) is 11.7. The minimum atomic E-state index is 0.876. The molecule has 0 atom stereocenters. The van der Waals surface area contributed by atoms with Crippen LogP contribution in [0.3, 0.4) is 0 Å². The van der Waals surface area contributed by atoms with Gasteiger partial charge in [0.1, 0.15) is 11.2 Å². The number of fused-ring (bicyclic) bond motifs is 7. The lowest BCUT2D eigenvalue weighted by molar-refractivity contribution is 0.669. The van der Waals surface area contributed by atoms with E-state index in [1.54, 1.807) is 0 Å². The molecule has 0 unspecified atom stereocenters. The Morgan fingerprint density at radius 3 is 1.94 bits per heavy atom. The van der Waals surface area contributed by atoms with Gasteiger partial charge in [0.2, 0.25) is 0 Å². The maximum atomic E-state index is 6.39. The van der Waals surface area contributed by atoms with Crippen molar-refractivity contribution in [2.45, 2.75) is 0 Å². The van der Waals surface area contributed by atoms with E-state index in [0.29, 0.717) is 0 Å². The molecule has 10 aromatic rings. The summed E-state index contributed by atoms with van der Waals surface area (Å²) in [6, 6.07) is 63.3. The Labute approximate surface area is 287 Å². The van der Waals surface area contributed by atoms with Gasteiger partial charge in [-0.2, -0.15) is 0 Å². The van der Waals surface area contributed by atoms with Gasteiger partial charge in [-0.3, -0.25) is 0 Å². The standard InChI is InChI=1S/C46H29NOS/c1-2-11-31-26-33(23-22-30(31)10-1)32-12-7-14-35(27-32)47(37-24-25-40-39-16-3-5-20-43(39)48-44(40)29-37)36-15-8-13-34(28-36)38-18-9-19-42-41-17-4-6-21-45(41)49-46(38)42/h1-29H. The van der Waals surface area contributed by atoms with Gasteiger partial charge in [0.05, 0.1) is 0 Å². The fourth-order valence-corrected chi connectivity index (χ4v) is 8.52. The van der Waals surface area contributed by atoms with Crippen molar-refractivity contribution in [3.05, 3.63) is 176 Å². The van der Waals surface area contributed by atoms with Crippen molar-refractivity contribution in [3.63, 3.8) is 0 Å². The fraction of sp³-hybridized carbons (Fsp3) is 0. The molecule has 2 heterocycles. The van der Waals surface area contributed by atoms with Gasteiger partial charge in [-0.25, -0.2) is 0 Å². The molecule has 0 aliphatic carbocycles. The Bertz CT molecular complexity index is 2860. The zero-order valence-corrected chi connectivity index (χ0v) is 27.3. The van der Waals surface area contributed by atoms with Gasteiger partial charge >= 0.3 is 0 Å². The molecule has 0 fully saturated rings. The van der Waals surface area contributed by atoms with Gasteiger partial charge < -0.3 is 9.32 Å². The number of anilines is 3. The minimum Gasteiger partial charge on any atom is -0.456 e. The third-order valence-corrected chi connectivity index (χ3v) is 10.8. The molecule has 0 N–H and O–H groups in total. The third kappa shape index (κ3) is 4.70. The molecular weight excluding hydrogens is 615 g/mol. The molecular formula is C46H29NOS. The molecule has 0 spiro atoms. The maximum Gasteiger partial charge on any atom is 0.137 e. The molecule has 0 aliphatic heterocycles. The fourth-order valence-electron chi connectivity index (χ4n) is 7.28. The first-order valence-electron chi connectivity index (χ1n) is 16.6. The van der Waals surface area contributed by atoms with Crippen molar-refractivity contribution in [3.8, 4) is 22.3 Å². The van der Waals surface area contributed by atoms with Crippen molar-refractivity contribution in [1.82, 2.24) is 0 Å². The Hall–Kier alpha value is -6.16. The topological polar surface area (TPSA) is 16.4 Å². The Morgan fingerprint density at radius 2 is 1.04 bits per heavy atom. The number of rotatable bonds is 5. The van der Waals surface area contributed by atoms with E-state index in [9.17, 15) is 0 Å². The van der Waals surface area contributed by atoms with Crippen LogP contribution in [-0.2, 0) is 0 Å². The first-order valence-corrected chi connectivity index (χ1v) is 17.4. The monoisotopic (exact) mass is 643 g/mol. The summed E-state index contributed by atoms with van der Waals surface area (Å²) in [6.45, 7) is 0. The van der Waals surface area contributed by atoms with Gasteiger partial charge in [0.15, 0.2) is 0 Å². The molecule has 0 bridgehead atoms. The SMILES string of the molecule is c1cc(-c2ccc3ccccc3c2)cc(N(c2cccc(-c3cccc4c3sc3ccccc34)c2)c2ccc3c(c2)oc2ccccc23)c1. The number of furan rings is 1. The lowest BCUT2D eigenvalue weighted by Crippen LogP contribution is -2.10. The zero-order chi connectivity index (χ0) is 32.3. The molecule has 2 aromatic heterocycles. The molecule has 0 saturated heterocycles. The van der Waals surface area contributed by atoms with Crippen LogP contribution in [0.4, 0.5) is 17.1 Å². The largest absolute Gasteiger partial charge is 0.456 e. The molecule has 49 heavy (non-hydrogen) atoms. The highest BCUT2D eigenvalue weighted by Crippen LogP contribution is 2.43. The number of benzene rings is 8. The van der Waals surface area contributed by atoms with E-state index in [4.69, 9.17) is 4.42 Å². The highest BCUT2D eigenvalue weighted by Gasteiger charge is 2.18. The smallest absolute Gasteiger partial charge is 0.137 e. The molecule has 0 radical (unpaired) electrons. The molecule has 0 saturated carbocycles. The molecule has 0 aliphatic rings. The van der Waals surface area contributed by atoms with Crippen molar-refractivity contribution in [2.24, 2.45) is 0 Å². The molecule has 8 aromatic carbocycles. The highest BCUT2D eigenvalue weighted by molar-refractivity contribution is 7.26. The van der Waals surface area contributed by atoms with Crippen molar-refractivity contribution in [1.29, 1.82) is 0 Å². The van der Waals surface area contributed by atoms with Gasteiger partial charge in [-0.15, -0.1) is 11.3 Å². The summed E-state index contributed by atoms with van der Waals surface area (Å²) in [4.78, 5) is 2.35. The van der Waals surface area contributed by atoms with Crippen LogP contribution in [0.5, 0.6) is 0 Å². The van der Waals surface area contributed by atoms with Crippen LogP contribution in [0.25, 0.3) is 75.1 Å². The average Bonchev–Trinajstić information content (AvgIpc) is 3.73. The zero-order valence-electron chi connectivity index (χ0n) is 26.5. The summed E-state index contributed by atoms with van der Waals surface area (Å²) in [5, 5.41) is 7.35. The van der Waals surface area contributed by atoms with Gasteiger partial charge in [-0.05, 0) is 87.6 Å². The van der Waals surface area contributed by atoms with E-state index in [-0.39, 0.29) is 0 Å². The van der Waals surface area contributed by atoms with E-state index in [1.807, 2.05) is 23.5 Å². The number of hydrogen-bond acceptors (Lipinski definition) is 3. The lowest BCUT2D eigenvalue weighted by atomic mass is 9.99. The van der Waals surface area contributed by atoms with E-state index < -0.39 is 0 Å². The summed E-state index contributed by atoms with van der Waals surface area (Å²) < 4.78 is 9.02. The summed E-state index contributed by atoms with van der Waals surface area (Å²) >= 11 is 1.87. The number of nitrogens with zero attached hydrogens (tertiary/aromatic N) is 1. The molecule has 230 valence electrons. The molecule has 2 nitrogen and oxygen atoms in total. The van der Waals surface area contributed by atoms with Crippen LogP contribution < -0.4 is 4.90 Å². The Morgan fingerprint density at radius 1 is 0.388 bits per heavy atom. The number of hydrogen-bond donors (Lipinski definition) is 0. The molecule has 0 amide bonds. The second-order valence-electron chi connectivity index (χ2n) is 12.6. The lowest BCUT2D eigenvalue weighted by Gasteiger charge is -2.26. The summed E-state index contributed by atoms with van der Waals surface area (Å²) in [6.07, 6.45) is 0. The predicted octanol–water partition coefficient (Wildman–Crippen LogP) is 13.9. The molecule has 10 rings (SSSR count).